The SMILES string of the molecule is CCOC(=O)C1=C(C)O[C@H]2c3cc(C)ccc3N(C(=O)OC)[C@@H]12. The number of anilines is 1. The summed E-state index contributed by atoms with van der Waals surface area (Å²) in [7, 11) is 1.32. The lowest BCUT2D eigenvalue weighted by Crippen LogP contribution is -2.41. The van der Waals surface area contributed by atoms with Crippen LogP contribution in [0.5, 0.6) is 0 Å². The predicted octanol–water partition coefficient (Wildman–Crippen LogP) is 2.86. The third-order valence-corrected chi connectivity index (χ3v) is 4.16. The second kappa shape index (κ2) is 5.61. The maximum atomic E-state index is 12.3. The van der Waals surface area contributed by atoms with E-state index in [1.807, 2.05) is 25.1 Å². The summed E-state index contributed by atoms with van der Waals surface area (Å²) in [5, 5.41) is 0. The van der Waals surface area contributed by atoms with E-state index in [-0.39, 0.29) is 6.61 Å². The highest BCUT2D eigenvalue weighted by Gasteiger charge is 2.52. The number of hydrogen-bond donors (Lipinski definition) is 0. The number of ether oxygens (including phenoxy) is 3. The highest BCUT2D eigenvalue weighted by atomic mass is 16.6. The van der Waals surface area contributed by atoms with E-state index >= 15 is 0 Å². The molecule has 2 atom stereocenters. The molecule has 1 amide bonds. The van der Waals surface area contributed by atoms with Crippen LogP contribution in [0.25, 0.3) is 0 Å². The zero-order valence-electron chi connectivity index (χ0n) is 13.6. The Kier molecular flexibility index (Phi) is 3.75. The van der Waals surface area contributed by atoms with Crippen LogP contribution >= 0.6 is 0 Å². The number of hydrogen-bond acceptors (Lipinski definition) is 5. The molecule has 0 fully saturated rings. The number of benzene rings is 1. The van der Waals surface area contributed by atoms with Gasteiger partial charge in [-0.3, -0.25) is 4.90 Å². The van der Waals surface area contributed by atoms with Crippen LogP contribution in [0, 0.1) is 6.92 Å². The first-order valence-electron chi connectivity index (χ1n) is 7.51. The van der Waals surface area contributed by atoms with Gasteiger partial charge in [-0.15, -0.1) is 0 Å². The number of nitrogens with zero attached hydrogens (tertiary/aromatic N) is 1. The topological polar surface area (TPSA) is 65.1 Å². The first-order valence-corrected chi connectivity index (χ1v) is 7.51. The monoisotopic (exact) mass is 317 g/mol. The van der Waals surface area contributed by atoms with Crippen LogP contribution in [0.2, 0.25) is 0 Å². The van der Waals surface area contributed by atoms with E-state index in [0.717, 1.165) is 11.1 Å². The van der Waals surface area contributed by atoms with Crippen LogP contribution in [0.1, 0.15) is 31.1 Å². The number of rotatable bonds is 2. The average molecular weight is 317 g/mol. The fraction of sp³-hybridized carbons (Fsp3) is 0.412. The average Bonchev–Trinajstić information content (AvgIpc) is 2.99. The molecule has 0 aromatic heterocycles. The van der Waals surface area contributed by atoms with Crippen molar-refractivity contribution >= 4 is 17.7 Å². The molecule has 122 valence electrons. The second-order valence-corrected chi connectivity index (χ2v) is 5.58. The van der Waals surface area contributed by atoms with Crippen molar-refractivity contribution in [3.05, 3.63) is 40.7 Å². The highest BCUT2D eigenvalue weighted by Crippen LogP contribution is 2.50. The lowest BCUT2D eigenvalue weighted by molar-refractivity contribution is -0.138. The molecule has 2 heterocycles. The molecule has 1 aromatic rings. The summed E-state index contributed by atoms with van der Waals surface area (Å²) in [5.41, 5.74) is 3.00. The summed E-state index contributed by atoms with van der Waals surface area (Å²) >= 11 is 0. The van der Waals surface area contributed by atoms with Crippen LogP contribution < -0.4 is 4.90 Å². The van der Waals surface area contributed by atoms with Gasteiger partial charge in [0.25, 0.3) is 0 Å². The molecule has 0 aliphatic carbocycles. The molecule has 0 saturated heterocycles. The Balaban J connectivity index is 2.10. The second-order valence-electron chi connectivity index (χ2n) is 5.58. The van der Waals surface area contributed by atoms with Crippen molar-refractivity contribution in [3.63, 3.8) is 0 Å². The van der Waals surface area contributed by atoms with Crippen LogP contribution in [0.15, 0.2) is 29.5 Å². The third kappa shape index (κ3) is 2.25. The minimum Gasteiger partial charge on any atom is -0.487 e. The molecule has 0 N–H and O–H groups in total. The van der Waals surface area contributed by atoms with E-state index in [0.29, 0.717) is 17.0 Å². The number of amides is 1. The van der Waals surface area contributed by atoms with Gasteiger partial charge in [0, 0.05) is 5.56 Å². The molecule has 23 heavy (non-hydrogen) atoms. The molecule has 1 aromatic carbocycles. The van der Waals surface area contributed by atoms with E-state index in [2.05, 4.69) is 0 Å². The Morgan fingerprint density at radius 1 is 1.30 bits per heavy atom. The molecular weight excluding hydrogens is 298 g/mol. The lowest BCUT2D eigenvalue weighted by Gasteiger charge is -2.23. The van der Waals surface area contributed by atoms with Crippen molar-refractivity contribution < 1.29 is 23.8 Å². The first kappa shape index (κ1) is 15.4. The van der Waals surface area contributed by atoms with Crippen molar-refractivity contribution in [2.24, 2.45) is 0 Å². The number of esters is 1. The summed E-state index contributed by atoms with van der Waals surface area (Å²) in [6, 6.07) is 5.17. The molecule has 0 bridgehead atoms. The van der Waals surface area contributed by atoms with Gasteiger partial charge in [0.2, 0.25) is 0 Å². The first-order chi connectivity index (χ1) is 11.0. The molecule has 2 aliphatic rings. The summed E-state index contributed by atoms with van der Waals surface area (Å²) in [6.45, 7) is 5.69. The van der Waals surface area contributed by atoms with E-state index in [1.54, 1.807) is 13.8 Å². The molecule has 6 nitrogen and oxygen atoms in total. The highest BCUT2D eigenvalue weighted by molar-refractivity contribution is 5.99. The minimum atomic E-state index is -0.557. The Bertz CT molecular complexity index is 709. The largest absolute Gasteiger partial charge is 0.487 e. The van der Waals surface area contributed by atoms with E-state index in [1.165, 1.54) is 12.0 Å². The molecule has 0 radical (unpaired) electrons. The number of allylic oxidation sites excluding steroid dienone is 1. The van der Waals surface area contributed by atoms with Crippen molar-refractivity contribution in [3.8, 4) is 0 Å². The van der Waals surface area contributed by atoms with Gasteiger partial charge in [0.05, 0.1) is 19.4 Å². The zero-order valence-corrected chi connectivity index (χ0v) is 13.6. The van der Waals surface area contributed by atoms with Gasteiger partial charge >= 0.3 is 12.1 Å². The quantitative estimate of drug-likeness (QED) is 0.785. The fourth-order valence-corrected chi connectivity index (χ4v) is 3.23. The molecule has 0 saturated carbocycles. The predicted molar refractivity (Wildman–Crippen MR) is 83.0 cm³/mol. The van der Waals surface area contributed by atoms with Crippen LogP contribution in [-0.2, 0) is 19.0 Å². The van der Waals surface area contributed by atoms with Gasteiger partial charge in [0.1, 0.15) is 17.4 Å². The molecule has 3 rings (SSSR count). The smallest absolute Gasteiger partial charge is 0.414 e. The lowest BCUT2D eigenvalue weighted by atomic mass is 10.0. The minimum absolute atomic E-state index is 0.261. The number of aryl methyl sites for hydroxylation is 1. The van der Waals surface area contributed by atoms with Crippen molar-refractivity contribution in [1.82, 2.24) is 0 Å². The van der Waals surface area contributed by atoms with Crippen molar-refractivity contribution in [2.75, 3.05) is 18.6 Å². The molecular formula is C17H19NO5. The number of fused-ring (bicyclic) bond motifs is 3. The number of methoxy groups -OCH3 is 1. The Morgan fingerprint density at radius 2 is 2.04 bits per heavy atom. The van der Waals surface area contributed by atoms with E-state index in [4.69, 9.17) is 14.2 Å². The summed E-state index contributed by atoms with van der Waals surface area (Å²) < 4.78 is 15.9. The van der Waals surface area contributed by atoms with Gasteiger partial charge < -0.3 is 14.2 Å². The number of carbonyl (C=O) groups excluding carboxylic acids is 2. The van der Waals surface area contributed by atoms with Crippen molar-refractivity contribution in [1.29, 1.82) is 0 Å². The molecule has 6 heteroatoms. The van der Waals surface area contributed by atoms with E-state index < -0.39 is 24.2 Å². The van der Waals surface area contributed by atoms with E-state index in [9.17, 15) is 9.59 Å². The van der Waals surface area contributed by atoms with Gasteiger partial charge in [-0.05, 0) is 26.8 Å². The Hall–Kier alpha value is -2.50. The van der Waals surface area contributed by atoms with Crippen LogP contribution in [-0.4, -0.2) is 31.8 Å². The Morgan fingerprint density at radius 3 is 2.70 bits per heavy atom. The summed E-state index contributed by atoms with van der Waals surface area (Å²) in [4.78, 5) is 26.1. The van der Waals surface area contributed by atoms with Gasteiger partial charge in [-0.2, -0.15) is 0 Å². The third-order valence-electron chi connectivity index (χ3n) is 4.16. The van der Waals surface area contributed by atoms with Gasteiger partial charge in [-0.1, -0.05) is 17.7 Å². The fourth-order valence-electron chi connectivity index (χ4n) is 3.23. The normalized spacial score (nSPS) is 21.7. The van der Waals surface area contributed by atoms with Gasteiger partial charge in [0.15, 0.2) is 6.10 Å². The van der Waals surface area contributed by atoms with Crippen LogP contribution in [0.4, 0.5) is 10.5 Å². The van der Waals surface area contributed by atoms with Crippen molar-refractivity contribution in [2.45, 2.75) is 32.9 Å². The zero-order chi connectivity index (χ0) is 16.7. The number of carbonyl (C=O) groups is 2. The molecule has 0 unspecified atom stereocenters. The standard InChI is InChI=1S/C17H19NO5/c1-5-22-16(19)13-10(3)23-15-11-8-9(2)6-7-12(11)18(14(13)15)17(20)21-4/h6-8,14-15H,5H2,1-4H3/t14-,15-/m0/s1. The Labute approximate surface area is 134 Å². The summed E-state index contributed by atoms with van der Waals surface area (Å²) in [5.74, 6) is 0.0236. The molecule has 0 spiro atoms. The van der Waals surface area contributed by atoms with Crippen LogP contribution in [0.3, 0.4) is 0 Å². The molecule has 2 aliphatic heterocycles. The maximum absolute atomic E-state index is 12.3. The maximum Gasteiger partial charge on any atom is 0.414 e. The van der Waals surface area contributed by atoms with Gasteiger partial charge in [-0.25, -0.2) is 9.59 Å². The summed E-state index contributed by atoms with van der Waals surface area (Å²) in [6.07, 6.45) is -0.939.